The standard InChI is InChI=1S/C6H2BrClF3N/c7-5-3(6(10)11)4(8)2(9)1-12-5/h1,6H. The van der Waals surface area contributed by atoms with Crippen molar-refractivity contribution in [2.75, 3.05) is 0 Å². The molecular formula is C6H2BrClF3N. The molecule has 1 aromatic rings. The number of nitrogens with zero attached hydrogens (tertiary/aromatic N) is 1. The van der Waals surface area contributed by atoms with Crippen LogP contribution in [0.2, 0.25) is 5.02 Å². The molecule has 0 atom stereocenters. The highest BCUT2D eigenvalue weighted by molar-refractivity contribution is 9.10. The van der Waals surface area contributed by atoms with Crippen LogP contribution in [0.4, 0.5) is 13.2 Å². The summed E-state index contributed by atoms with van der Waals surface area (Å²) in [6.07, 6.45) is -2.06. The number of alkyl halides is 2. The molecule has 0 bridgehead atoms. The van der Waals surface area contributed by atoms with Crippen molar-refractivity contribution in [3.05, 3.63) is 27.2 Å². The summed E-state index contributed by atoms with van der Waals surface area (Å²) in [7, 11) is 0. The Bertz CT molecular complexity index is 305. The van der Waals surface area contributed by atoms with Crippen molar-refractivity contribution in [1.29, 1.82) is 0 Å². The molecule has 6 heteroatoms. The van der Waals surface area contributed by atoms with Gasteiger partial charge in [0.05, 0.1) is 16.8 Å². The van der Waals surface area contributed by atoms with Crippen LogP contribution in [-0.4, -0.2) is 4.98 Å². The molecule has 12 heavy (non-hydrogen) atoms. The molecule has 0 N–H and O–H groups in total. The highest BCUT2D eigenvalue weighted by Gasteiger charge is 2.19. The molecular weight excluding hydrogens is 258 g/mol. The molecule has 0 aliphatic carbocycles. The summed E-state index contributed by atoms with van der Waals surface area (Å²) < 4.78 is 36.7. The van der Waals surface area contributed by atoms with Crippen molar-refractivity contribution in [2.45, 2.75) is 6.43 Å². The Hall–Kier alpha value is -0.290. The first kappa shape index (κ1) is 9.80. The smallest absolute Gasteiger partial charge is 0.246 e. The van der Waals surface area contributed by atoms with E-state index >= 15 is 0 Å². The SMILES string of the molecule is Fc1cnc(Br)c(C(F)F)c1Cl. The molecule has 1 aromatic heterocycles. The van der Waals surface area contributed by atoms with Gasteiger partial charge in [0.2, 0.25) is 0 Å². The maximum absolute atomic E-state index is 12.6. The van der Waals surface area contributed by atoms with Gasteiger partial charge in [-0.3, -0.25) is 0 Å². The van der Waals surface area contributed by atoms with E-state index in [2.05, 4.69) is 20.9 Å². The zero-order chi connectivity index (χ0) is 9.30. The second-order valence-electron chi connectivity index (χ2n) is 1.93. The first-order valence-electron chi connectivity index (χ1n) is 2.81. The van der Waals surface area contributed by atoms with Gasteiger partial charge >= 0.3 is 0 Å². The lowest BCUT2D eigenvalue weighted by Gasteiger charge is -2.04. The van der Waals surface area contributed by atoms with Crippen molar-refractivity contribution < 1.29 is 13.2 Å². The summed E-state index contributed by atoms with van der Waals surface area (Å²) in [6, 6.07) is 0. The lowest BCUT2D eigenvalue weighted by molar-refractivity contribution is 0.149. The number of pyridine rings is 1. The van der Waals surface area contributed by atoms with E-state index in [4.69, 9.17) is 11.6 Å². The molecule has 0 fully saturated rings. The number of hydrogen-bond acceptors (Lipinski definition) is 1. The third-order valence-corrected chi connectivity index (χ3v) is 2.19. The van der Waals surface area contributed by atoms with Crippen LogP contribution in [-0.2, 0) is 0 Å². The molecule has 1 rings (SSSR count). The van der Waals surface area contributed by atoms with Gasteiger partial charge in [-0.1, -0.05) is 11.6 Å². The van der Waals surface area contributed by atoms with E-state index in [9.17, 15) is 13.2 Å². The zero-order valence-corrected chi connectivity index (χ0v) is 7.83. The average Bonchev–Trinajstić information content (AvgIpc) is 1.97. The van der Waals surface area contributed by atoms with E-state index in [0.717, 1.165) is 6.20 Å². The van der Waals surface area contributed by atoms with Gasteiger partial charge in [-0.25, -0.2) is 18.2 Å². The second kappa shape index (κ2) is 3.62. The summed E-state index contributed by atoms with van der Waals surface area (Å²) >= 11 is 8.01. The minimum absolute atomic E-state index is 0.135. The molecule has 0 unspecified atom stereocenters. The Morgan fingerprint density at radius 1 is 1.50 bits per heavy atom. The van der Waals surface area contributed by atoms with Crippen LogP contribution in [0.5, 0.6) is 0 Å². The van der Waals surface area contributed by atoms with Gasteiger partial charge in [-0.05, 0) is 15.9 Å². The predicted molar refractivity (Wildman–Crippen MR) is 41.9 cm³/mol. The average molecular weight is 260 g/mol. The molecule has 0 saturated carbocycles. The Morgan fingerprint density at radius 3 is 2.50 bits per heavy atom. The van der Waals surface area contributed by atoms with Crippen molar-refractivity contribution >= 4 is 27.5 Å². The molecule has 0 amide bonds. The van der Waals surface area contributed by atoms with Gasteiger partial charge in [0.15, 0.2) is 5.82 Å². The molecule has 0 radical (unpaired) electrons. The lowest BCUT2D eigenvalue weighted by Crippen LogP contribution is -1.94. The largest absolute Gasteiger partial charge is 0.268 e. The van der Waals surface area contributed by atoms with E-state index in [0.29, 0.717) is 0 Å². The molecule has 0 aromatic carbocycles. The summed E-state index contributed by atoms with van der Waals surface area (Å²) in [5.74, 6) is -0.949. The maximum Gasteiger partial charge on any atom is 0.268 e. The van der Waals surface area contributed by atoms with Gasteiger partial charge in [-0.15, -0.1) is 0 Å². The summed E-state index contributed by atoms with van der Waals surface area (Å²) in [4.78, 5) is 3.34. The van der Waals surface area contributed by atoms with Crippen LogP contribution in [0, 0.1) is 5.82 Å². The molecule has 0 aliphatic rings. The van der Waals surface area contributed by atoms with Crippen LogP contribution in [0.25, 0.3) is 0 Å². The molecule has 0 spiro atoms. The normalized spacial score (nSPS) is 10.8. The van der Waals surface area contributed by atoms with Gasteiger partial charge in [0.25, 0.3) is 6.43 Å². The van der Waals surface area contributed by atoms with E-state index in [1.165, 1.54) is 0 Å². The monoisotopic (exact) mass is 259 g/mol. The van der Waals surface area contributed by atoms with E-state index in [1.54, 1.807) is 0 Å². The third kappa shape index (κ3) is 1.72. The maximum atomic E-state index is 12.6. The van der Waals surface area contributed by atoms with Crippen LogP contribution in [0.3, 0.4) is 0 Å². The fraction of sp³-hybridized carbons (Fsp3) is 0.167. The van der Waals surface area contributed by atoms with Crippen molar-refractivity contribution in [3.8, 4) is 0 Å². The van der Waals surface area contributed by atoms with Gasteiger partial charge in [0.1, 0.15) is 4.60 Å². The second-order valence-corrected chi connectivity index (χ2v) is 3.05. The zero-order valence-electron chi connectivity index (χ0n) is 5.49. The Morgan fingerprint density at radius 2 is 2.08 bits per heavy atom. The lowest BCUT2D eigenvalue weighted by atomic mass is 10.3. The number of halogens is 5. The van der Waals surface area contributed by atoms with Gasteiger partial charge < -0.3 is 0 Å². The fourth-order valence-corrected chi connectivity index (χ4v) is 1.45. The number of rotatable bonds is 1. The Kier molecular flexibility index (Phi) is 2.95. The van der Waals surface area contributed by atoms with Gasteiger partial charge in [0, 0.05) is 0 Å². The van der Waals surface area contributed by atoms with Crippen LogP contribution >= 0.6 is 27.5 Å². The van der Waals surface area contributed by atoms with Crippen LogP contribution < -0.4 is 0 Å². The predicted octanol–water partition coefficient (Wildman–Crippen LogP) is 3.57. The van der Waals surface area contributed by atoms with Gasteiger partial charge in [-0.2, -0.15) is 0 Å². The topological polar surface area (TPSA) is 12.9 Å². The van der Waals surface area contributed by atoms with E-state index in [1.807, 2.05) is 0 Å². The van der Waals surface area contributed by atoms with Crippen molar-refractivity contribution in [3.63, 3.8) is 0 Å². The Labute approximate surface area is 79.7 Å². The number of hydrogen-bond donors (Lipinski definition) is 0. The Balaban J connectivity index is 3.33. The number of aromatic nitrogens is 1. The third-order valence-electron chi connectivity index (χ3n) is 1.18. The molecule has 0 aliphatic heterocycles. The minimum atomic E-state index is -2.84. The highest BCUT2D eigenvalue weighted by Crippen LogP contribution is 2.33. The summed E-state index contributed by atoms with van der Waals surface area (Å²) in [5.41, 5.74) is -0.614. The molecule has 1 nitrogen and oxygen atoms in total. The molecule has 66 valence electrons. The minimum Gasteiger partial charge on any atom is -0.246 e. The summed E-state index contributed by atoms with van der Waals surface area (Å²) in [6.45, 7) is 0. The molecule has 1 heterocycles. The van der Waals surface area contributed by atoms with Crippen LogP contribution in [0.15, 0.2) is 10.8 Å². The van der Waals surface area contributed by atoms with Crippen molar-refractivity contribution in [1.82, 2.24) is 4.98 Å². The molecule has 0 saturated heterocycles. The fourth-order valence-electron chi connectivity index (χ4n) is 0.645. The van der Waals surface area contributed by atoms with Crippen LogP contribution in [0.1, 0.15) is 12.0 Å². The highest BCUT2D eigenvalue weighted by atomic mass is 79.9. The first-order chi connectivity index (χ1) is 5.54. The van der Waals surface area contributed by atoms with Crippen molar-refractivity contribution in [2.24, 2.45) is 0 Å². The summed E-state index contributed by atoms with van der Waals surface area (Å²) in [5, 5.41) is -0.591. The van der Waals surface area contributed by atoms with E-state index in [-0.39, 0.29) is 4.60 Å². The quantitative estimate of drug-likeness (QED) is 0.703. The van der Waals surface area contributed by atoms with E-state index < -0.39 is 22.8 Å². The first-order valence-corrected chi connectivity index (χ1v) is 3.98.